The average molecular weight is 295 g/mol. The molecule has 0 radical (unpaired) electrons. The van der Waals surface area contributed by atoms with Crippen molar-refractivity contribution in [3.05, 3.63) is 47.6 Å². The van der Waals surface area contributed by atoms with E-state index >= 15 is 0 Å². The van der Waals surface area contributed by atoms with E-state index < -0.39 is 0 Å². The fourth-order valence-electron chi connectivity index (χ4n) is 2.30. The van der Waals surface area contributed by atoms with E-state index in [4.69, 9.17) is 0 Å². The lowest BCUT2D eigenvalue weighted by atomic mass is 10.1. The zero-order chi connectivity index (χ0) is 15.9. The van der Waals surface area contributed by atoms with Crippen molar-refractivity contribution in [2.75, 3.05) is 0 Å². The first-order valence-corrected chi connectivity index (χ1v) is 7.50. The summed E-state index contributed by atoms with van der Waals surface area (Å²) in [6, 6.07) is 8.00. The predicted octanol–water partition coefficient (Wildman–Crippen LogP) is 2.96. The standard InChI is InChI=1S/C17H21N5/c1-4-7-12(2)20-17-21-13(3)10-16(22-17)14(11-18)15-8-5-6-9-19-15/h5-6,8-10,12H,4,7H2,1-3H3,(H2,20,21,22)/b16-14+. The summed E-state index contributed by atoms with van der Waals surface area (Å²) in [7, 11) is 0. The predicted molar refractivity (Wildman–Crippen MR) is 88.6 cm³/mol. The van der Waals surface area contributed by atoms with Crippen LogP contribution in [0, 0.1) is 11.3 Å². The summed E-state index contributed by atoms with van der Waals surface area (Å²) in [5, 5.41) is 15.9. The van der Waals surface area contributed by atoms with Gasteiger partial charge in [-0.15, -0.1) is 0 Å². The Morgan fingerprint density at radius 1 is 1.41 bits per heavy atom. The van der Waals surface area contributed by atoms with E-state index in [9.17, 15) is 5.26 Å². The van der Waals surface area contributed by atoms with Crippen LogP contribution in [0.5, 0.6) is 0 Å². The van der Waals surface area contributed by atoms with Gasteiger partial charge in [-0.2, -0.15) is 5.26 Å². The molecule has 2 N–H and O–H groups in total. The molecular formula is C17H21N5. The second-order valence-corrected chi connectivity index (χ2v) is 5.31. The Labute approximate surface area is 131 Å². The summed E-state index contributed by atoms with van der Waals surface area (Å²) in [6.45, 7) is 6.18. The normalized spacial score (nSPS) is 19.5. The van der Waals surface area contributed by atoms with Gasteiger partial charge in [0.05, 0.1) is 17.4 Å². The maximum Gasteiger partial charge on any atom is 0.200 e. The fraction of sp³-hybridized carbons (Fsp3) is 0.353. The van der Waals surface area contributed by atoms with E-state index in [1.807, 2.05) is 31.2 Å². The van der Waals surface area contributed by atoms with Crippen LogP contribution in [0.3, 0.4) is 0 Å². The number of nitrogens with one attached hydrogen (secondary N) is 2. The Kier molecular flexibility index (Phi) is 5.31. The van der Waals surface area contributed by atoms with Crippen LogP contribution in [-0.2, 0) is 0 Å². The lowest BCUT2D eigenvalue weighted by molar-refractivity contribution is 0.648. The quantitative estimate of drug-likeness (QED) is 0.838. The van der Waals surface area contributed by atoms with Gasteiger partial charge in [0.1, 0.15) is 11.6 Å². The van der Waals surface area contributed by atoms with E-state index in [1.54, 1.807) is 6.20 Å². The molecule has 0 amide bonds. The zero-order valence-corrected chi connectivity index (χ0v) is 13.2. The number of guanidine groups is 1. The van der Waals surface area contributed by atoms with Crippen LogP contribution >= 0.6 is 0 Å². The van der Waals surface area contributed by atoms with Crippen molar-refractivity contribution in [2.45, 2.75) is 39.7 Å². The molecule has 0 bridgehead atoms. The number of pyridine rings is 1. The highest BCUT2D eigenvalue weighted by molar-refractivity contribution is 5.90. The van der Waals surface area contributed by atoms with Crippen molar-refractivity contribution in [1.29, 1.82) is 5.26 Å². The average Bonchev–Trinajstić information content (AvgIpc) is 2.48. The minimum absolute atomic E-state index is 0.229. The Morgan fingerprint density at radius 2 is 2.23 bits per heavy atom. The Balaban J connectivity index is 2.36. The second-order valence-electron chi connectivity index (χ2n) is 5.31. The third-order valence-electron chi connectivity index (χ3n) is 3.29. The number of aliphatic imine (C=N–C) groups is 1. The maximum absolute atomic E-state index is 9.49. The molecule has 0 aromatic carbocycles. The number of nitrogens with zero attached hydrogens (tertiary/aromatic N) is 3. The maximum atomic E-state index is 9.49. The molecule has 5 heteroatoms. The molecule has 2 rings (SSSR count). The molecule has 0 saturated carbocycles. The lowest BCUT2D eigenvalue weighted by Crippen LogP contribution is -2.40. The first-order chi connectivity index (χ1) is 10.6. The van der Waals surface area contributed by atoms with E-state index in [0.717, 1.165) is 24.2 Å². The molecule has 1 aromatic rings. The van der Waals surface area contributed by atoms with Gasteiger partial charge >= 0.3 is 0 Å². The molecule has 1 aromatic heterocycles. The van der Waals surface area contributed by atoms with Crippen LogP contribution in [0.2, 0.25) is 0 Å². The highest BCUT2D eigenvalue weighted by Crippen LogP contribution is 2.18. The summed E-state index contributed by atoms with van der Waals surface area (Å²) in [5.74, 6) is 0.680. The lowest BCUT2D eigenvalue weighted by Gasteiger charge is -2.21. The molecule has 5 nitrogen and oxygen atoms in total. The van der Waals surface area contributed by atoms with Crippen LogP contribution in [-0.4, -0.2) is 17.0 Å². The molecule has 1 aliphatic heterocycles. The minimum Gasteiger partial charge on any atom is -0.330 e. The third-order valence-corrected chi connectivity index (χ3v) is 3.29. The van der Waals surface area contributed by atoms with Crippen LogP contribution in [0.25, 0.3) is 5.57 Å². The summed E-state index contributed by atoms with van der Waals surface area (Å²) in [4.78, 5) is 8.88. The molecule has 1 unspecified atom stereocenters. The van der Waals surface area contributed by atoms with Gasteiger partial charge in [0.15, 0.2) is 5.96 Å². The van der Waals surface area contributed by atoms with Crippen molar-refractivity contribution < 1.29 is 0 Å². The molecule has 0 saturated heterocycles. The number of hydrogen-bond acceptors (Lipinski definition) is 3. The first-order valence-electron chi connectivity index (χ1n) is 7.50. The molecule has 114 valence electrons. The van der Waals surface area contributed by atoms with Gasteiger partial charge in [-0.3, -0.25) is 4.98 Å². The number of rotatable bonds is 4. The van der Waals surface area contributed by atoms with Gasteiger partial charge in [0.25, 0.3) is 0 Å². The topological polar surface area (TPSA) is 73.1 Å². The molecule has 1 aliphatic rings. The minimum atomic E-state index is 0.229. The smallest absolute Gasteiger partial charge is 0.200 e. The number of nitriles is 1. The van der Waals surface area contributed by atoms with Gasteiger partial charge in [0.2, 0.25) is 0 Å². The van der Waals surface area contributed by atoms with Crippen molar-refractivity contribution in [3.8, 4) is 6.07 Å². The zero-order valence-electron chi connectivity index (χ0n) is 13.2. The molecule has 0 fully saturated rings. The molecular weight excluding hydrogens is 274 g/mol. The van der Waals surface area contributed by atoms with E-state index in [0.29, 0.717) is 17.2 Å². The van der Waals surface area contributed by atoms with Gasteiger partial charge < -0.3 is 10.6 Å². The van der Waals surface area contributed by atoms with E-state index in [1.165, 1.54) is 0 Å². The van der Waals surface area contributed by atoms with Gasteiger partial charge in [-0.1, -0.05) is 19.4 Å². The Bertz CT molecular complexity index is 649. The summed E-state index contributed by atoms with van der Waals surface area (Å²) in [5.41, 5.74) is 2.83. The summed E-state index contributed by atoms with van der Waals surface area (Å²) in [6.07, 6.45) is 5.70. The first kappa shape index (κ1) is 15.8. The molecule has 1 atom stereocenters. The van der Waals surface area contributed by atoms with Crippen molar-refractivity contribution >= 4 is 11.5 Å². The van der Waals surface area contributed by atoms with Crippen LogP contribution in [0.1, 0.15) is 39.3 Å². The summed E-state index contributed by atoms with van der Waals surface area (Å²) < 4.78 is 0. The highest BCUT2D eigenvalue weighted by Gasteiger charge is 2.16. The highest BCUT2D eigenvalue weighted by atomic mass is 15.2. The van der Waals surface area contributed by atoms with Crippen LogP contribution in [0.15, 0.2) is 46.9 Å². The second kappa shape index (κ2) is 7.41. The van der Waals surface area contributed by atoms with Crippen LogP contribution in [0.4, 0.5) is 0 Å². The van der Waals surface area contributed by atoms with E-state index in [-0.39, 0.29) is 6.04 Å². The fourth-order valence-corrected chi connectivity index (χ4v) is 2.30. The largest absolute Gasteiger partial charge is 0.330 e. The van der Waals surface area contributed by atoms with Crippen molar-refractivity contribution in [2.24, 2.45) is 4.99 Å². The Morgan fingerprint density at radius 3 is 2.86 bits per heavy atom. The Hall–Kier alpha value is -2.61. The van der Waals surface area contributed by atoms with Crippen molar-refractivity contribution in [3.63, 3.8) is 0 Å². The molecule has 0 spiro atoms. The van der Waals surface area contributed by atoms with Crippen LogP contribution < -0.4 is 10.6 Å². The SMILES string of the molecule is CCCC(C)N=C1NC(C)=C/C(=C(/C#N)c2ccccn2)N1. The van der Waals surface area contributed by atoms with Crippen molar-refractivity contribution in [1.82, 2.24) is 15.6 Å². The van der Waals surface area contributed by atoms with Gasteiger partial charge in [0, 0.05) is 11.9 Å². The molecule has 0 aliphatic carbocycles. The van der Waals surface area contributed by atoms with E-state index in [2.05, 4.69) is 40.5 Å². The molecule has 2 heterocycles. The number of aromatic nitrogens is 1. The number of hydrogen-bond donors (Lipinski definition) is 2. The third kappa shape index (κ3) is 3.95. The summed E-state index contributed by atoms with van der Waals surface area (Å²) >= 11 is 0. The van der Waals surface area contributed by atoms with Gasteiger partial charge in [-0.05, 0) is 38.5 Å². The number of allylic oxidation sites excluding steroid dienone is 3. The molecule has 22 heavy (non-hydrogen) atoms. The van der Waals surface area contributed by atoms with Gasteiger partial charge in [-0.25, -0.2) is 4.99 Å². The monoisotopic (exact) mass is 295 g/mol.